The van der Waals surface area contributed by atoms with Gasteiger partial charge in [0, 0.05) is 0 Å². The molecule has 3 nitrogen and oxygen atoms in total. The molecule has 1 aromatic rings. The van der Waals surface area contributed by atoms with Crippen molar-refractivity contribution < 1.29 is 12.9 Å². The molecule has 0 heterocycles. The Morgan fingerprint density at radius 1 is 1.42 bits per heavy atom. The SMILES string of the molecule is CS(=O)(=O)N(F)c1cc[c]cc1. The molecule has 65 valence electrons. The van der Waals surface area contributed by atoms with Crippen LogP contribution in [0.25, 0.3) is 0 Å². The van der Waals surface area contributed by atoms with Gasteiger partial charge in [-0.1, -0.05) is 16.6 Å². The highest BCUT2D eigenvalue weighted by molar-refractivity contribution is 7.91. The summed E-state index contributed by atoms with van der Waals surface area (Å²) in [5.41, 5.74) is -0.0174. The number of benzene rings is 1. The van der Waals surface area contributed by atoms with E-state index in [-0.39, 0.29) is 10.2 Å². The van der Waals surface area contributed by atoms with Crippen LogP contribution in [0.15, 0.2) is 24.3 Å². The first-order chi connectivity index (χ1) is 5.52. The van der Waals surface area contributed by atoms with Gasteiger partial charge in [-0.3, -0.25) is 0 Å². The van der Waals surface area contributed by atoms with Crippen LogP contribution in [0.1, 0.15) is 0 Å². The van der Waals surface area contributed by atoms with Gasteiger partial charge in [0.1, 0.15) is 0 Å². The average molecular weight is 188 g/mol. The van der Waals surface area contributed by atoms with E-state index in [0.29, 0.717) is 0 Å². The molecular weight excluding hydrogens is 181 g/mol. The van der Waals surface area contributed by atoms with Crippen LogP contribution in [0.5, 0.6) is 0 Å². The van der Waals surface area contributed by atoms with E-state index < -0.39 is 10.0 Å². The molecule has 0 N–H and O–H groups in total. The van der Waals surface area contributed by atoms with Gasteiger partial charge in [-0.25, -0.2) is 8.42 Å². The highest BCUT2D eigenvalue weighted by Gasteiger charge is 2.15. The molecule has 12 heavy (non-hydrogen) atoms. The van der Waals surface area contributed by atoms with Crippen LogP contribution in [0, 0.1) is 6.07 Å². The van der Waals surface area contributed by atoms with Gasteiger partial charge in [0.25, 0.3) is 10.0 Å². The summed E-state index contributed by atoms with van der Waals surface area (Å²) in [6, 6.07) is 8.17. The molecule has 0 bridgehead atoms. The maximum atomic E-state index is 12.9. The van der Waals surface area contributed by atoms with Crippen LogP contribution < -0.4 is 4.53 Å². The highest BCUT2D eigenvalue weighted by Crippen LogP contribution is 2.15. The van der Waals surface area contributed by atoms with Crippen molar-refractivity contribution >= 4 is 15.7 Å². The van der Waals surface area contributed by atoms with Crippen LogP contribution in [-0.4, -0.2) is 14.7 Å². The van der Waals surface area contributed by atoms with Crippen molar-refractivity contribution in [3.05, 3.63) is 30.3 Å². The number of halogens is 1. The Morgan fingerprint density at radius 3 is 2.33 bits per heavy atom. The van der Waals surface area contributed by atoms with E-state index in [9.17, 15) is 12.9 Å². The Morgan fingerprint density at radius 2 is 1.92 bits per heavy atom. The summed E-state index contributed by atoms with van der Waals surface area (Å²) in [7, 11) is -3.80. The van der Waals surface area contributed by atoms with Crippen molar-refractivity contribution in [3.63, 3.8) is 0 Å². The van der Waals surface area contributed by atoms with Crippen LogP contribution in [-0.2, 0) is 10.0 Å². The summed E-state index contributed by atoms with van der Waals surface area (Å²) in [6.45, 7) is 0. The fourth-order valence-corrected chi connectivity index (χ4v) is 1.19. The Labute approximate surface area is 70.4 Å². The molecule has 1 rings (SSSR count). The second kappa shape index (κ2) is 3.10. The van der Waals surface area contributed by atoms with Crippen molar-refractivity contribution in [2.75, 3.05) is 10.8 Å². The standard InChI is InChI=1S/C7H7FNO2S/c1-12(10,11)9(8)7-5-3-2-4-6-7/h3-6H,1H3. The van der Waals surface area contributed by atoms with E-state index in [0.717, 1.165) is 6.26 Å². The molecule has 0 unspecified atom stereocenters. The first-order valence-electron chi connectivity index (χ1n) is 3.14. The Bertz CT molecular complexity index is 349. The zero-order valence-corrected chi connectivity index (χ0v) is 7.18. The van der Waals surface area contributed by atoms with E-state index in [1.807, 2.05) is 0 Å². The monoisotopic (exact) mass is 188 g/mol. The van der Waals surface area contributed by atoms with Crippen molar-refractivity contribution in [1.29, 1.82) is 0 Å². The molecule has 0 spiro atoms. The maximum absolute atomic E-state index is 12.9. The summed E-state index contributed by atoms with van der Waals surface area (Å²) in [6.07, 6.45) is 0.795. The third-order valence-electron chi connectivity index (χ3n) is 1.19. The van der Waals surface area contributed by atoms with Gasteiger partial charge in [-0.15, -0.1) is 4.53 Å². The Balaban J connectivity index is 3.02. The van der Waals surface area contributed by atoms with E-state index in [2.05, 4.69) is 6.07 Å². The van der Waals surface area contributed by atoms with Crippen LogP contribution in [0.3, 0.4) is 0 Å². The molecule has 0 amide bonds. The van der Waals surface area contributed by atoms with Gasteiger partial charge in [-0.05, 0) is 18.2 Å². The molecule has 0 aliphatic rings. The zero-order chi connectivity index (χ0) is 9.19. The quantitative estimate of drug-likeness (QED) is 0.652. The first kappa shape index (κ1) is 8.99. The van der Waals surface area contributed by atoms with Gasteiger partial charge in [0.05, 0.1) is 11.9 Å². The minimum absolute atomic E-state index is 0.0174. The van der Waals surface area contributed by atoms with Gasteiger partial charge < -0.3 is 0 Å². The van der Waals surface area contributed by atoms with Crippen molar-refractivity contribution in [2.24, 2.45) is 0 Å². The fraction of sp³-hybridized carbons (Fsp3) is 0.143. The topological polar surface area (TPSA) is 37.4 Å². The Hall–Kier alpha value is -1.10. The lowest BCUT2D eigenvalue weighted by Crippen LogP contribution is -2.20. The lowest BCUT2D eigenvalue weighted by Gasteiger charge is -2.09. The first-order valence-corrected chi connectivity index (χ1v) is 4.99. The third-order valence-corrected chi connectivity index (χ3v) is 1.99. The number of rotatable bonds is 2. The molecule has 0 fully saturated rings. The molecule has 0 atom stereocenters. The second-order valence-electron chi connectivity index (χ2n) is 2.24. The fourth-order valence-electron chi connectivity index (χ4n) is 0.687. The molecule has 1 aromatic carbocycles. The number of anilines is 1. The number of sulfonamides is 1. The largest absolute Gasteiger partial charge is 0.258 e. The summed E-state index contributed by atoms with van der Waals surface area (Å²) >= 11 is 0. The zero-order valence-electron chi connectivity index (χ0n) is 6.36. The summed E-state index contributed by atoms with van der Waals surface area (Å²) < 4.78 is 33.9. The molecule has 0 saturated carbocycles. The second-order valence-corrected chi connectivity index (χ2v) is 4.02. The molecule has 0 aliphatic carbocycles. The summed E-state index contributed by atoms with van der Waals surface area (Å²) in [5.74, 6) is 0. The summed E-state index contributed by atoms with van der Waals surface area (Å²) in [4.78, 5) is 0. The number of hydrogen-bond donors (Lipinski definition) is 0. The third kappa shape index (κ3) is 1.94. The van der Waals surface area contributed by atoms with E-state index >= 15 is 0 Å². The van der Waals surface area contributed by atoms with Crippen LogP contribution >= 0.6 is 0 Å². The summed E-state index contributed by atoms with van der Waals surface area (Å²) in [5, 5.41) is 0. The van der Waals surface area contributed by atoms with Crippen LogP contribution in [0.2, 0.25) is 0 Å². The van der Waals surface area contributed by atoms with Gasteiger partial charge >= 0.3 is 0 Å². The van der Waals surface area contributed by atoms with Crippen molar-refractivity contribution in [3.8, 4) is 0 Å². The van der Waals surface area contributed by atoms with Gasteiger partial charge in [0.15, 0.2) is 0 Å². The molecule has 1 radical (unpaired) electrons. The Kier molecular flexibility index (Phi) is 2.32. The van der Waals surface area contributed by atoms with E-state index in [1.165, 1.54) is 24.3 Å². The number of nitrogens with zero attached hydrogens (tertiary/aromatic N) is 1. The van der Waals surface area contributed by atoms with E-state index in [4.69, 9.17) is 0 Å². The normalized spacial score (nSPS) is 11.2. The smallest absolute Gasteiger partial charge is 0.204 e. The molecule has 0 saturated heterocycles. The highest BCUT2D eigenvalue weighted by atomic mass is 32.2. The predicted octanol–water partition coefficient (Wildman–Crippen LogP) is 1.14. The lowest BCUT2D eigenvalue weighted by atomic mass is 10.3. The van der Waals surface area contributed by atoms with Crippen molar-refractivity contribution in [1.82, 2.24) is 0 Å². The minimum atomic E-state index is -3.80. The average Bonchev–Trinajstić information content (AvgIpc) is 2.03. The number of hydrogen-bond acceptors (Lipinski definition) is 2. The van der Waals surface area contributed by atoms with E-state index in [1.54, 1.807) is 0 Å². The molecular formula is C7H7FNO2S. The van der Waals surface area contributed by atoms with Gasteiger partial charge in [-0.2, -0.15) is 0 Å². The maximum Gasteiger partial charge on any atom is 0.258 e. The molecule has 0 aromatic heterocycles. The lowest BCUT2D eigenvalue weighted by molar-refractivity contribution is 0.499. The van der Waals surface area contributed by atoms with Crippen LogP contribution in [0.4, 0.5) is 10.2 Å². The molecule has 5 heteroatoms. The predicted molar refractivity (Wildman–Crippen MR) is 43.7 cm³/mol. The molecule has 0 aliphatic heterocycles. The van der Waals surface area contributed by atoms with Crippen molar-refractivity contribution in [2.45, 2.75) is 0 Å². The minimum Gasteiger partial charge on any atom is -0.204 e. The van der Waals surface area contributed by atoms with Gasteiger partial charge in [0.2, 0.25) is 0 Å².